The van der Waals surface area contributed by atoms with Crippen LogP contribution in [0.15, 0.2) is 120 Å². The Morgan fingerprint density at radius 2 is 1.03 bits per heavy atom. The molecule has 0 radical (unpaired) electrons. The fourth-order valence-corrected chi connectivity index (χ4v) is 2.60. The van der Waals surface area contributed by atoms with Gasteiger partial charge in [-0.3, -0.25) is 0 Å². The van der Waals surface area contributed by atoms with E-state index in [1.807, 2.05) is 73.6 Å². The molecular weight excluding hydrogens is 729 g/mol. The molecule has 13 heteroatoms. The summed E-state index contributed by atoms with van der Waals surface area (Å²) >= 11 is 0. The van der Waals surface area contributed by atoms with Crippen LogP contribution >= 0.6 is 7.81 Å². The molecule has 4 aromatic rings. The van der Waals surface area contributed by atoms with Crippen molar-refractivity contribution in [3.8, 4) is 11.1 Å². The summed E-state index contributed by atoms with van der Waals surface area (Å²) in [7, 11) is -6.65. The maximum absolute atomic E-state index is 10.7. The van der Waals surface area contributed by atoms with Gasteiger partial charge < -0.3 is 28.9 Å². The van der Waals surface area contributed by atoms with Crippen molar-refractivity contribution in [1.29, 1.82) is 0 Å². The summed E-state index contributed by atoms with van der Waals surface area (Å²) in [6.07, 6.45) is 1.70. The molecule has 3 aromatic carbocycles. The average molecular weight is 753 g/mol. The SMILES string of the molecule is CN(C)c1ccc(N=Nc2ccccn2)cc1.F[P-](F)(F)(F)(F)F.[I-].[Ru+2].c1ccc(-c2ccccc2)cc1. The number of nitrogens with zero attached hydrogens (tertiary/aromatic N) is 4. The van der Waals surface area contributed by atoms with Gasteiger partial charge in [-0.15, -0.1) is 10.2 Å². The molecule has 0 saturated carbocycles. The van der Waals surface area contributed by atoms with Gasteiger partial charge in [-0.25, -0.2) is 4.98 Å². The topological polar surface area (TPSA) is 40.9 Å². The van der Waals surface area contributed by atoms with Crippen molar-refractivity contribution >= 4 is 25.0 Å². The van der Waals surface area contributed by atoms with Gasteiger partial charge in [0.1, 0.15) is 0 Å². The first-order chi connectivity index (χ1) is 16.7. The number of rotatable bonds is 4. The second-order valence-electron chi connectivity index (χ2n) is 7.49. The number of hydrogen-bond acceptors (Lipinski definition) is 4. The number of benzene rings is 3. The van der Waals surface area contributed by atoms with Gasteiger partial charge in [-0.2, -0.15) is 0 Å². The van der Waals surface area contributed by atoms with Gasteiger partial charge in [0, 0.05) is 26.0 Å². The van der Waals surface area contributed by atoms with Gasteiger partial charge in [0.15, 0.2) is 5.82 Å². The first kappa shape index (κ1) is 35.6. The fraction of sp³-hybridized carbons (Fsp3) is 0.0800. The Balaban J connectivity index is 0.000000574. The summed E-state index contributed by atoms with van der Waals surface area (Å²) in [5.41, 5.74) is 4.51. The van der Waals surface area contributed by atoms with Crippen molar-refractivity contribution in [3.63, 3.8) is 0 Å². The van der Waals surface area contributed by atoms with E-state index in [0.29, 0.717) is 5.82 Å². The van der Waals surface area contributed by atoms with Crippen LogP contribution < -0.4 is 28.9 Å². The van der Waals surface area contributed by atoms with Crippen molar-refractivity contribution < 1.29 is 68.6 Å². The summed E-state index contributed by atoms with van der Waals surface area (Å²) in [6.45, 7) is 0. The first-order valence-corrected chi connectivity index (χ1v) is 12.5. The van der Waals surface area contributed by atoms with Crippen molar-refractivity contribution in [1.82, 2.24) is 4.98 Å². The van der Waals surface area contributed by atoms with E-state index < -0.39 is 7.81 Å². The van der Waals surface area contributed by atoms with Gasteiger partial charge in [0.2, 0.25) is 0 Å². The molecule has 1 aromatic heterocycles. The van der Waals surface area contributed by atoms with Crippen LogP contribution in [-0.2, 0) is 19.5 Å². The quantitative estimate of drug-likeness (QED) is 0.0723. The zero-order valence-electron chi connectivity index (χ0n) is 20.1. The summed E-state index contributed by atoms with van der Waals surface area (Å²) < 4.78 is 59.2. The molecule has 0 spiro atoms. The van der Waals surface area contributed by atoms with Gasteiger partial charge >= 0.3 is 52.5 Å². The van der Waals surface area contributed by atoms with Gasteiger partial charge in [0.05, 0.1) is 5.69 Å². The maximum atomic E-state index is 9.87. The molecule has 4 nitrogen and oxygen atoms in total. The van der Waals surface area contributed by atoms with Crippen LogP contribution in [0.3, 0.4) is 0 Å². The Morgan fingerprint density at radius 1 is 0.605 bits per heavy atom. The van der Waals surface area contributed by atoms with Crippen LogP contribution in [0.2, 0.25) is 0 Å². The van der Waals surface area contributed by atoms with E-state index in [1.54, 1.807) is 6.20 Å². The van der Waals surface area contributed by atoms with Crippen LogP contribution in [0.4, 0.5) is 42.4 Å². The molecule has 4 rings (SSSR count). The summed E-state index contributed by atoms with van der Waals surface area (Å²) in [6, 6.07) is 34.2. The largest absolute Gasteiger partial charge is 2.00 e. The maximum Gasteiger partial charge on any atom is 2.00 e. The molecule has 0 amide bonds. The molecule has 0 bridgehead atoms. The van der Waals surface area contributed by atoms with Crippen LogP contribution in [0.5, 0.6) is 0 Å². The molecule has 0 unspecified atom stereocenters. The van der Waals surface area contributed by atoms with Gasteiger partial charge in [0.25, 0.3) is 0 Å². The standard InChI is InChI=1S/C13H14N4.C12H10.F6P.HI.Ru/c1-17(2)12-8-6-11(7-9-12)15-16-13-5-3-4-10-14-13;1-3-7-11(8-4-1)12-9-5-2-6-10-12;1-7(2,3,4,5)6;;/h3-10H,1-2H3;1-10H;;1H;/q;;-1;;+2/p-1. The normalized spacial score (nSPS) is 12.1. The number of anilines is 1. The zero-order chi connectivity index (χ0) is 26.7. The molecule has 0 saturated heterocycles. The zero-order valence-corrected chi connectivity index (χ0v) is 24.9. The van der Waals surface area contributed by atoms with Gasteiger partial charge in [-0.1, -0.05) is 66.7 Å². The molecule has 0 atom stereocenters. The second-order valence-corrected chi connectivity index (χ2v) is 9.41. The average Bonchev–Trinajstić information content (AvgIpc) is 2.83. The minimum Gasteiger partial charge on any atom is -1.00 e. The minimum atomic E-state index is -10.7. The molecule has 0 aliphatic carbocycles. The fourth-order valence-electron chi connectivity index (χ4n) is 2.60. The summed E-state index contributed by atoms with van der Waals surface area (Å²) in [5, 5.41) is 8.17. The van der Waals surface area contributed by atoms with E-state index in [2.05, 4.69) is 63.7 Å². The molecule has 0 N–H and O–H groups in total. The number of hydrogen-bond donors (Lipinski definition) is 0. The Labute approximate surface area is 247 Å². The van der Waals surface area contributed by atoms with Crippen LogP contribution in [0.25, 0.3) is 11.1 Å². The number of azo groups is 1. The molecule has 206 valence electrons. The van der Waals surface area contributed by atoms with E-state index >= 15 is 0 Å². The van der Waals surface area contributed by atoms with Gasteiger partial charge in [-0.05, 0) is 47.5 Å². The van der Waals surface area contributed by atoms with Crippen LogP contribution in [0.1, 0.15) is 0 Å². The Kier molecular flexibility index (Phi) is 13.7. The van der Waals surface area contributed by atoms with Crippen LogP contribution in [0, 0.1) is 0 Å². The first-order valence-electron chi connectivity index (χ1n) is 10.4. The number of halogens is 7. The predicted octanol–water partition coefficient (Wildman–Crippen LogP) is 7.30. The second kappa shape index (κ2) is 14.7. The van der Waals surface area contributed by atoms with Crippen molar-refractivity contribution in [2.24, 2.45) is 10.2 Å². The molecular formula is C25H24F6IN4PRu. The smallest absolute Gasteiger partial charge is 1.00 e. The monoisotopic (exact) mass is 754 g/mol. The van der Waals surface area contributed by atoms with E-state index in [0.717, 1.165) is 11.4 Å². The third-order valence-electron chi connectivity index (χ3n) is 4.16. The molecule has 1 heterocycles. The third kappa shape index (κ3) is 17.9. The molecule has 38 heavy (non-hydrogen) atoms. The van der Waals surface area contributed by atoms with Crippen molar-refractivity contribution in [2.45, 2.75) is 0 Å². The van der Waals surface area contributed by atoms with E-state index in [1.165, 1.54) is 11.1 Å². The number of aromatic nitrogens is 1. The molecule has 0 aliphatic heterocycles. The summed E-state index contributed by atoms with van der Waals surface area (Å²) in [4.78, 5) is 6.11. The Hall–Kier alpha value is -2.43. The Bertz CT molecular complexity index is 1180. The van der Waals surface area contributed by atoms with E-state index in [-0.39, 0.29) is 43.5 Å². The predicted molar refractivity (Wildman–Crippen MR) is 135 cm³/mol. The minimum absolute atomic E-state index is 0. The Morgan fingerprint density at radius 3 is 1.39 bits per heavy atom. The summed E-state index contributed by atoms with van der Waals surface area (Å²) in [5.74, 6) is 0.615. The van der Waals surface area contributed by atoms with E-state index in [9.17, 15) is 25.2 Å². The van der Waals surface area contributed by atoms with E-state index in [4.69, 9.17) is 0 Å². The van der Waals surface area contributed by atoms with Crippen molar-refractivity contribution in [2.75, 3.05) is 19.0 Å². The molecule has 0 fully saturated rings. The third-order valence-corrected chi connectivity index (χ3v) is 4.16. The van der Waals surface area contributed by atoms with Crippen molar-refractivity contribution in [3.05, 3.63) is 109 Å². The number of pyridine rings is 1. The molecule has 0 aliphatic rings. The van der Waals surface area contributed by atoms with Crippen LogP contribution in [-0.4, -0.2) is 19.1 Å².